The molecule has 0 aliphatic carbocycles. The zero-order valence-electron chi connectivity index (χ0n) is 14.6. The van der Waals surface area contributed by atoms with E-state index in [0.29, 0.717) is 16.9 Å². The second kappa shape index (κ2) is 6.67. The Morgan fingerprint density at radius 1 is 1.19 bits per heavy atom. The molecule has 0 unspecified atom stereocenters. The molecule has 2 aromatic heterocycles. The zero-order chi connectivity index (χ0) is 20.0. The van der Waals surface area contributed by atoms with Crippen molar-refractivity contribution in [2.45, 2.75) is 26.4 Å². The Kier molecular flexibility index (Phi) is 4.80. The molecule has 142 valence electrons. The predicted molar refractivity (Wildman–Crippen MR) is 100 cm³/mol. The number of nitrogens with two attached hydrogens (primary N) is 1. The van der Waals surface area contributed by atoms with E-state index >= 15 is 0 Å². The number of imidazole rings is 1. The van der Waals surface area contributed by atoms with E-state index in [-0.39, 0.29) is 12.0 Å². The van der Waals surface area contributed by atoms with Crippen LogP contribution < -0.4 is 5.73 Å². The Morgan fingerprint density at radius 3 is 2.52 bits per heavy atom. The van der Waals surface area contributed by atoms with Gasteiger partial charge in [-0.2, -0.15) is 13.2 Å². The molecule has 4 nitrogen and oxygen atoms in total. The highest BCUT2D eigenvalue weighted by Gasteiger charge is 2.36. The summed E-state index contributed by atoms with van der Waals surface area (Å²) in [5.74, 6) is -0.654. The number of aromatic nitrogens is 2. The first kappa shape index (κ1) is 19.4. The van der Waals surface area contributed by atoms with E-state index in [1.54, 1.807) is 16.7 Å². The van der Waals surface area contributed by atoms with Gasteiger partial charge in [0.05, 0.1) is 11.3 Å². The van der Waals surface area contributed by atoms with Crippen LogP contribution in [0.4, 0.5) is 13.2 Å². The maximum absolute atomic E-state index is 13.4. The predicted octanol–water partition coefficient (Wildman–Crippen LogP) is 4.84. The highest BCUT2D eigenvalue weighted by Crippen LogP contribution is 2.37. The topological polar surface area (TPSA) is 60.4 Å². The minimum atomic E-state index is -4.52. The summed E-state index contributed by atoms with van der Waals surface area (Å²) in [6, 6.07) is 7.49. The normalized spacial score (nSPS) is 12.5. The van der Waals surface area contributed by atoms with E-state index in [0.717, 1.165) is 10.5 Å². The minimum absolute atomic E-state index is 0.0158. The second-order valence-electron chi connectivity index (χ2n) is 7.03. The lowest BCUT2D eigenvalue weighted by Gasteiger charge is -2.23. The molecule has 27 heavy (non-hydrogen) atoms. The number of pyridine rings is 1. The number of primary amides is 1. The SMILES string of the molecule is CC(C)(Cc1cc(-c2cn3cc(Br)ccc3n2)ccc1C(F)(F)F)C(N)=O. The number of alkyl halides is 3. The highest BCUT2D eigenvalue weighted by molar-refractivity contribution is 9.10. The molecule has 1 aromatic carbocycles. The summed E-state index contributed by atoms with van der Waals surface area (Å²) >= 11 is 3.37. The molecule has 8 heteroatoms. The maximum Gasteiger partial charge on any atom is 0.416 e. The van der Waals surface area contributed by atoms with Crippen molar-refractivity contribution >= 4 is 27.5 Å². The molecule has 0 atom stereocenters. The first-order valence-corrected chi connectivity index (χ1v) is 8.91. The molecule has 0 bridgehead atoms. The summed E-state index contributed by atoms with van der Waals surface area (Å²) in [5, 5.41) is 0. The van der Waals surface area contributed by atoms with E-state index in [9.17, 15) is 18.0 Å². The van der Waals surface area contributed by atoms with Gasteiger partial charge in [0.15, 0.2) is 0 Å². The molecule has 0 spiro atoms. The van der Waals surface area contributed by atoms with E-state index in [1.165, 1.54) is 26.0 Å². The lowest BCUT2D eigenvalue weighted by molar-refractivity contribution is -0.139. The lowest BCUT2D eigenvalue weighted by atomic mass is 9.83. The molecule has 2 N–H and O–H groups in total. The van der Waals surface area contributed by atoms with Gasteiger partial charge in [-0.3, -0.25) is 4.79 Å². The summed E-state index contributed by atoms with van der Waals surface area (Å²) in [6.07, 6.45) is -1.09. The number of rotatable bonds is 4. The monoisotopic (exact) mass is 439 g/mol. The number of nitrogens with zero attached hydrogens (tertiary/aromatic N) is 2. The minimum Gasteiger partial charge on any atom is -0.369 e. The van der Waals surface area contributed by atoms with Crippen LogP contribution >= 0.6 is 15.9 Å². The van der Waals surface area contributed by atoms with Crippen molar-refractivity contribution in [2.75, 3.05) is 0 Å². The molecular formula is C19H17BrF3N3O. The van der Waals surface area contributed by atoms with Crippen molar-refractivity contribution in [1.29, 1.82) is 0 Å². The zero-order valence-corrected chi connectivity index (χ0v) is 16.2. The summed E-state index contributed by atoms with van der Waals surface area (Å²) in [7, 11) is 0. The fourth-order valence-corrected chi connectivity index (χ4v) is 3.20. The largest absolute Gasteiger partial charge is 0.416 e. The van der Waals surface area contributed by atoms with Crippen LogP contribution in [0.5, 0.6) is 0 Å². The van der Waals surface area contributed by atoms with Crippen molar-refractivity contribution in [1.82, 2.24) is 9.38 Å². The molecule has 0 fully saturated rings. The first-order valence-electron chi connectivity index (χ1n) is 8.12. The third-order valence-corrected chi connectivity index (χ3v) is 4.89. The van der Waals surface area contributed by atoms with Crippen LogP contribution in [0, 0.1) is 5.41 Å². The Labute approximate surface area is 162 Å². The van der Waals surface area contributed by atoms with Gasteiger partial charge in [0.1, 0.15) is 5.65 Å². The van der Waals surface area contributed by atoms with Crippen LogP contribution in [0.25, 0.3) is 16.9 Å². The van der Waals surface area contributed by atoms with E-state index in [1.807, 2.05) is 12.3 Å². The summed E-state index contributed by atoms with van der Waals surface area (Å²) in [6.45, 7) is 3.06. The van der Waals surface area contributed by atoms with Gasteiger partial charge >= 0.3 is 6.18 Å². The van der Waals surface area contributed by atoms with Gasteiger partial charge in [-0.1, -0.05) is 19.9 Å². The van der Waals surface area contributed by atoms with Crippen molar-refractivity contribution in [3.05, 3.63) is 58.3 Å². The van der Waals surface area contributed by atoms with Crippen LogP contribution in [0.1, 0.15) is 25.0 Å². The van der Waals surface area contributed by atoms with Gasteiger partial charge in [-0.05, 0) is 52.2 Å². The molecular weight excluding hydrogens is 423 g/mol. The summed E-state index contributed by atoms with van der Waals surface area (Å²) in [4.78, 5) is 16.1. The Bertz CT molecular complexity index is 1020. The second-order valence-corrected chi connectivity index (χ2v) is 7.95. The van der Waals surface area contributed by atoms with Crippen molar-refractivity contribution in [3.63, 3.8) is 0 Å². The van der Waals surface area contributed by atoms with Crippen molar-refractivity contribution in [3.8, 4) is 11.3 Å². The molecule has 0 aliphatic rings. The Hall–Kier alpha value is -2.35. The van der Waals surface area contributed by atoms with Crippen LogP contribution in [0.2, 0.25) is 0 Å². The van der Waals surface area contributed by atoms with Crippen LogP contribution in [0.15, 0.2) is 47.2 Å². The number of carbonyl (C=O) groups excluding carboxylic acids is 1. The molecule has 1 amide bonds. The van der Waals surface area contributed by atoms with Crippen molar-refractivity contribution < 1.29 is 18.0 Å². The fraction of sp³-hybridized carbons (Fsp3) is 0.263. The van der Waals surface area contributed by atoms with Gasteiger partial charge in [-0.15, -0.1) is 0 Å². The number of fused-ring (bicyclic) bond motifs is 1. The summed E-state index contributed by atoms with van der Waals surface area (Å²) < 4.78 is 42.9. The third kappa shape index (κ3) is 4.00. The van der Waals surface area contributed by atoms with Gasteiger partial charge in [0, 0.05) is 27.8 Å². The van der Waals surface area contributed by atoms with Crippen LogP contribution in [-0.2, 0) is 17.4 Å². The highest BCUT2D eigenvalue weighted by atomic mass is 79.9. The number of halogens is 4. The molecule has 0 saturated heterocycles. The number of hydrogen-bond donors (Lipinski definition) is 1. The van der Waals surface area contributed by atoms with E-state index < -0.39 is 23.1 Å². The third-order valence-electron chi connectivity index (χ3n) is 4.42. The first-order chi connectivity index (χ1) is 12.5. The average molecular weight is 440 g/mol. The standard InChI is InChI=1S/C19H17BrF3N3O/c1-18(2,17(24)27)8-12-7-11(3-5-14(12)19(21,22)23)15-10-26-9-13(20)4-6-16(26)25-15/h3-7,9-10H,8H2,1-2H3,(H2,24,27). The molecule has 3 aromatic rings. The molecule has 2 heterocycles. The molecule has 0 aliphatic heterocycles. The van der Waals surface area contributed by atoms with Crippen LogP contribution in [-0.4, -0.2) is 15.3 Å². The quantitative estimate of drug-likeness (QED) is 0.632. The number of carbonyl (C=O) groups is 1. The lowest BCUT2D eigenvalue weighted by Crippen LogP contribution is -2.34. The van der Waals surface area contributed by atoms with Crippen molar-refractivity contribution in [2.24, 2.45) is 11.1 Å². The molecule has 3 rings (SSSR count). The van der Waals surface area contributed by atoms with Gasteiger partial charge in [0.25, 0.3) is 0 Å². The van der Waals surface area contributed by atoms with Gasteiger partial charge in [-0.25, -0.2) is 4.98 Å². The van der Waals surface area contributed by atoms with Gasteiger partial charge < -0.3 is 10.1 Å². The molecule has 0 saturated carbocycles. The Balaban J connectivity index is 2.11. The maximum atomic E-state index is 13.4. The fourth-order valence-electron chi connectivity index (χ4n) is 2.84. The number of hydrogen-bond acceptors (Lipinski definition) is 2. The molecule has 0 radical (unpaired) electrons. The van der Waals surface area contributed by atoms with Crippen LogP contribution in [0.3, 0.4) is 0 Å². The number of amides is 1. The van der Waals surface area contributed by atoms with E-state index in [4.69, 9.17) is 5.73 Å². The average Bonchev–Trinajstić information content (AvgIpc) is 2.96. The van der Waals surface area contributed by atoms with Gasteiger partial charge in [0.2, 0.25) is 5.91 Å². The smallest absolute Gasteiger partial charge is 0.369 e. The summed E-state index contributed by atoms with van der Waals surface area (Å²) in [5.41, 5.74) is 5.24. The number of benzene rings is 1. The Morgan fingerprint density at radius 2 is 1.89 bits per heavy atom. The van der Waals surface area contributed by atoms with E-state index in [2.05, 4.69) is 20.9 Å².